The molecule has 0 aliphatic carbocycles. The number of anilines is 1. The number of nitrogen functional groups attached to an aromatic ring is 1. The van der Waals surface area contributed by atoms with Crippen LogP contribution in [0.2, 0.25) is 0 Å². The Kier molecular flexibility index (Phi) is 3.75. The van der Waals surface area contributed by atoms with E-state index in [9.17, 15) is 10.1 Å². The summed E-state index contributed by atoms with van der Waals surface area (Å²) in [5, 5.41) is 11.1. The Morgan fingerprint density at radius 3 is 2.89 bits per heavy atom. The zero-order valence-electron chi connectivity index (χ0n) is 9.28. The molecule has 7 nitrogen and oxygen atoms in total. The van der Waals surface area contributed by atoms with E-state index in [1.165, 1.54) is 23.3 Å². The highest BCUT2D eigenvalue weighted by Gasteiger charge is 2.20. The number of aryl methyl sites for hydroxylation is 1. The molecule has 0 amide bonds. The first-order chi connectivity index (χ1) is 8.61. The summed E-state index contributed by atoms with van der Waals surface area (Å²) in [6, 6.07) is 4.90. The predicted octanol–water partition coefficient (Wildman–Crippen LogP) is 2.19. The quantitative estimate of drug-likeness (QED) is 0.503. The molecule has 0 radical (unpaired) electrons. The van der Waals surface area contributed by atoms with Crippen molar-refractivity contribution in [3.8, 4) is 0 Å². The van der Waals surface area contributed by atoms with Crippen molar-refractivity contribution in [3.05, 3.63) is 34.1 Å². The van der Waals surface area contributed by atoms with E-state index in [2.05, 4.69) is 14.8 Å². The maximum absolute atomic E-state index is 11.1. The van der Waals surface area contributed by atoms with E-state index in [-0.39, 0.29) is 11.4 Å². The Morgan fingerprint density at radius 1 is 1.56 bits per heavy atom. The third-order valence-electron chi connectivity index (χ3n) is 2.04. The smallest absolute Gasteiger partial charge is 0.307 e. The minimum atomic E-state index is -0.467. The van der Waals surface area contributed by atoms with Crippen molar-refractivity contribution in [1.29, 1.82) is 0 Å². The van der Waals surface area contributed by atoms with Crippen molar-refractivity contribution in [2.75, 3.05) is 5.43 Å². The number of nitrogens with two attached hydrogens (primary N) is 1. The molecular weight excluding hydrogens is 274 g/mol. The topological polar surface area (TPSA) is 107 Å². The van der Waals surface area contributed by atoms with E-state index in [0.717, 1.165) is 0 Å². The second-order valence-corrected chi connectivity index (χ2v) is 5.30. The summed E-state index contributed by atoms with van der Waals surface area (Å²) >= 11 is 2.41. The Morgan fingerprint density at radius 2 is 2.33 bits per heavy atom. The molecular formula is C9H9N5O2S2. The maximum atomic E-state index is 11.1. The van der Waals surface area contributed by atoms with Crippen LogP contribution in [0.3, 0.4) is 0 Å². The van der Waals surface area contributed by atoms with Gasteiger partial charge >= 0.3 is 5.69 Å². The lowest BCUT2D eigenvalue weighted by molar-refractivity contribution is -0.386. The van der Waals surface area contributed by atoms with Gasteiger partial charge in [-0.25, -0.2) is 4.98 Å². The van der Waals surface area contributed by atoms with Crippen LogP contribution in [0.25, 0.3) is 0 Å². The molecule has 3 N–H and O–H groups in total. The van der Waals surface area contributed by atoms with Gasteiger partial charge in [0.1, 0.15) is 11.5 Å². The highest BCUT2D eigenvalue weighted by Crippen LogP contribution is 2.39. The first kappa shape index (κ1) is 12.7. The van der Waals surface area contributed by atoms with E-state index in [1.807, 2.05) is 0 Å². The summed E-state index contributed by atoms with van der Waals surface area (Å²) in [4.78, 5) is 15.2. The third-order valence-corrected chi connectivity index (χ3v) is 3.94. The summed E-state index contributed by atoms with van der Waals surface area (Å²) in [7, 11) is 0. The average Bonchev–Trinajstić information content (AvgIpc) is 2.74. The number of nitrogens with zero attached hydrogens (tertiary/aromatic N) is 3. The number of nitrogens with one attached hydrogen (secondary N) is 1. The molecule has 0 fully saturated rings. The van der Waals surface area contributed by atoms with E-state index in [1.54, 1.807) is 25.1 Å². The van der Waals surface area contributed by atoms with Crippen molar-refractivity contribution in [2.24, 2.45) is 5.84 Å². The van der Waals surface area contributed by atoms with Crippen LogP contribution in [-0.4, -0.2) is 14.3 Å². The average molecular weight is 283 g/mol. The second kappa shape index (κ2) is 5.29. The Labute approximate surface area is 111 Å². The molecule has 1 heterocycles. The maximum Gasteiger partial charge on any atom is 0.307 e. The molecule has 94 valence electrons. The number of hydrogen-bond acceptors (Lipinski definition) is 8. The van der Waals surface area contributed by atoms with Gasteiger partial charge in [0.2, 0.25) is 0 Å². The fourth-order valence-electron chi connectivity index (χ4n) is 1.32. The van der Waals surface area contributed by atoms with Crippen molar-refractivity contribution in [2.45, 2.75) is 16.2 Å². The zero-order valence-corrected chi connectivity index (χ0v) is 10.9. The van der Waals surface area contributed by atoms with Gasteiger partial charge < -0.3 is 5.43 Å². The van der Waals surface area contributed by atoms with Gasteiger partial charge in [0.25, 0.3) is 0 Å². The Balaban J connectivity index is 2.41. The monoisotopic (exact) mass is 283 g/mol. The molecule has 0 spiro atoms. The molecule has 0 saturated carbocycles. The lowest BCUT2D eigenvalue weighted by Gasteiger charge is -2.05. The van der Waals surface area contributed by atoms with Gasteiger partial charge in [-0.15, -0.1) is 0 Å². The highest BCUT2D eigenvalue weighted by molar-refractivity contribution is 8.01. The van der Waals surface area contributed by atoms with Gasteiger partial charge in [0, 0.05) is 0 Å². The number of para-hydroxylation sites is 1. The number of hydrogen-bond donors (Lipinski definition) is 2. The molecule has 18 heavy (non-hydrogen) atoms. The lowest BCUT2D eigenvalue weighted by atomic mass is 10.3. The second-order valence-electron chi connectivity index (χ2n) is 3.26. The third kappa shape index (κ3) is 2.58. The number of nitro groups is 1. The summed E-state index contributed by atoms with van der Waals surface area (Å²) in [6.45, 7) is 1.77. The minimum Gasteiger partial charge on any atom is -0.318 e. The summed E-state index contributed by atoms with van der Waals surface area (Å²) in [6.07, 6.45) is 0. The van der Waals surface area contributed by atoms with Crippen molar-refractivity contribution < 1.29 is 4.92 Å². The molecule has 2 rings (SSSR count). The number of benzene rings is 1. The van der Waals surface area contributed by atoms with Crippen LogP contribution in [-0.2, 0) is 0 Å². The molecule has 0 unspecified atom stereocenters. The number of nitro benzene ring substituents is 1. The fourth-order valence-corrected chi connectivity index (χ4v) is 3.07. The van der Waals surface area contributed by atoms with E-state index >= 15 is 0 Å². The Bertz CT molecular complexity index is 586. The first-order valence-corrected chi connectivity index (χ1v) is 6.43. The molecule has 0 aliphatic heterocycles. The predicted molar refractivity (Wildman–Crippen MR) is 69.7 cm³/mol. The van der Waals surface area contributed by atoms with E-state index in [4.69, 9.17) is 5.84 Å². The van der Waals surface area contributed by atoms with Crippen LogP contribution in [0.15, 0.2) is 27.4 Å². The SMILES string of the molecule is Cc1nsc(Sc2cccc(NN)c2[N+](=O)[O-])n1. The van der Waals surface area contributed by atoms with Crippen LogP contribution in [0.4, 0.5) is 11.4 Å². The van der Waals surface area contributed by atoms with Gasteiger partial charge in [-0.3, -0.25) is 16.0 Å². The highest BCUT2D eigenvalue weighted by atomic mass is 32.2. The molecule has 1 aromatic carbocycles. The van der Waals surface area contributed by atoms with E-state index < -0.39 is 4.92 Å². The number of aromatic nitrogens is 2. The summed E-state index contributed by atoms with van der Waals surface area (Å²) < 4.78 is 4.69. The van der Waals surface area contributed by atoms with Crippen LogP contribution < -0.4 is 11.3 Å². The summed E-state index contributed by atoms with van der Waals surface area (Å²) in [5.41, 5.74) is 2.53. The molecule has 0 bridgehead atoms. The summed E-state index contributed by atoms with van der Waals surface area (Å²) in [5.74, 6) is 5.92. The normalized spacial score (nSPS) is 10.3. The lowest BCUT2D eigenvalue weighted by Crippen LogP contribution is -2.09. The van der Waals surface area contributed by atoms with E-state index in [0.29, 0.717) is 15.1 Å². The minimum absolute atomic E-state index is 0.0575. The molecule has 0 aliphatic rings. The largest absolute Gasteiger partial charge is 0.318 e. The fraction of sp³-hybridized carbons (Fsp3) is 0.111. The van der Waals surface area contributed by atoms with Crippen LogP contribution >= 0.6 is 23.3 Å². The Hall–Kier alpha value is -1.71. The van der Waals surface area contributed by atoms with Crippen molar-refractivity contribution in [1.82, 2.24) is 9.36 Å². The molecule has 2 aromatic rings. The molecule has 9 heteroatoms. The van der Waals surface area contributed by atoms with Gasteiger partial charge in [0.15, 0.2) is 4.34 Å². The van der Waals surface area contributed by atoms with Gasteiger partial charge in [-0.2, -0.15) is 4.37 Å². The van der Waals surface area contributed by atoms with Crippen molar-refractivity contribution >= 4 is 34.7 Å². The van der Waals surface area contributed by atoms with Gasteiger partial charge in [0.05, 0.1) is 9.82 Å². The standard InChI is InChI=1S/C9H9N5O2S2/c1-5-11-9(18-13-5)17-7-4-2-3-6(12-10)8(7)14(15)16/h2-4,12H,10H2,1H3. The van der Waals surface area contributed by atoms with Crippen LogP contribution in [0.1, 0.15) is 5.82 Å². The van der Waals surface area contributed by atoms with Gasteiger partial charge in [-0.05, 0) is 30.6 Å². The van der Waals surface area contributed by atoms with Crippen LogP contribution in [0, 0.1) is 17.0 Å². The van der Waals surface area contributed by atoms with Crippen LogP contribution in [0.5, 0.6) is 0 Å². The first-order valence-electron chi connectivity index (χ1n) is 4.84. The molecule has 1 aromatic heterocycles. The zero-order chi connectivity index (χ0) is 13.1. The molecule has 0 atom stereocenters. The number of hydrazine groups is 1. The van der Waals surface area contributed by atoms with Gasteiger partial charge in [-0.1, -0.05) is 17.8 Å². The molecule has 0 saturated heterocycles. The van der Waals surface area contributed by atoms with Crippen molar-refractivity contribution in [3.63, 3.8) is 0 Å². The number of rotatable bonds is 4.